The lowest BCUT2D eigenvalue weighted by Crippen LogP contribution is -2.48. The first-order chi connectivity index (χ1) is 13.0. The molecule has 1 N–H and O–H groups in total. The highest BCUT2D eigenvalue weighted by Crippen LogP contribution is 2.27. The van der Waals surface area contributed by atoms with Crippen molar-refractivity contribution in [1.82, 2.24) is 10.2 Å². The van der Waals surface area contributed by atoms with Crippen molar-refractivity contribution in [2.75, 3.05) is 12.8 Å². The third-order valence-electron chi connectivity index (χ3n) is 4.13. The number of thioether (sulfide) groups is 1. The number of nitrogens with zero attached hydrogens (tertiary/aromatic N) is 1. The normalized spacial score (nSPS) is 11.7. The SMILES string of the molecule is CC[C@H](C(=O)NC)N(Cc1c(Cl)cccc1Cl)C(=O)CSc1ccccc1. The number of rotatable bonds is 8. The van der Waals surface area contributed by atoms with Gasteiger partial charge in [-0.05, 0) is 30.7 Å². The van der Waals surface area contributed by atoms with Gasteiger partial charge in [0.1, 0.15) is 6.04 Å². The van der Waals surface area contributed by atoms with Gasteiger partial charge in [0.15, 0.2) is 0 Å². The molecule has 0 aromatic heterocycles. The van der Waals surface area contributed by atoms with Crippen molar-refractivity contribution in [3.8, 4) is 0 Å². The molecule has 2 aromatic carbocycles. The van der Waals surface area contributed by atoms with E-state index in [2.05, 4.69) is 5.32 Å². The average Bonchev–Trinajstić information content (AvgIpc) is 2.68. The van der Waals surface area contributed by atoms with E-state index in [0.717, 1.165) is 4.90 Å². The quantitative estimate of drug-likeness (QED) is 0.627. The van der Waals surface area contributed by atoms with E-state index < -0.39 is 6.04 Å². The molecule has 2 rings (SSSR count). The van der Waals surface area contributed by atoms with Crippen molar-refractivity contribution in [1.29, 1.82) is 0 Å². The molecule has 7 heteroatoms. The topological polar surface area (TPSA) is 49.4 Å². The maximum atomic E-state index is 13.0. The number of carbonyl (C=O) groups excluding carboxylic acids is 2. The van der Waals surface area contributed by atoms with E-state index in [0.29, 0.717) is 22.0 Å². The number of hydrogen-bond donors (Lipinski definition) is 1. The fourth-order valence-electron chi connectivity index (χ4n) is 2.68. The zero-order valence-corrected chi connectivity index (χ0v) is 17.6. The number of carbonyl (C=O) groups is 2. The van der Waals surface area contributed by atoms with Gasteiger partial charge in [0.2, 0.25) is 11.8 Å². The molecule has 0 unspecified atom stereocenters. The van der Waals surface area contributed by atoms with Crippen molar-refractivity contribution < 1.29 is 9.59 Å². The third kappa shape index (κ3) is 5.89. The molecule has 1 atom stereocenters. The molecule has 0 heterocycles. The Kier molecular flexibility index (Phi) is 8.48. The predicted molar refractivity (Wildman–Crippen MR) is 112 cm³/mol. The van der Waals surface area contributed by atoms with Crippen molar-refractivity contribution in [2.45, 2.75) is 30.8 Å². The zero-order chi connectivity index (χ0) is 19.8. The van der Waals surface area contributed by atoms with Gasteiger partial charge in [0.05, 0.1) is 5.75 Å². The number of hydrogen-bond acceptors (Lipinski definition) is 3. The highest BCUT2D eigenvalue weighted by Gasteiger charge is 2.29. The van der Waals surface area contributed by atoms with Crippen LogP contribution in [0.4, 0.5) is 0 Å². The van der Waals surface area contributed by atoms with Crippen LogP contribution in [0.25, 0.3) is 0 Å². The summed E-state index contributed by atoms with van der Waals surface area (Å²) in [6, 6.07) is 14.3. The molecule has 144 valence electrons. The summed E-state index contributed by atoms with van der Waals surface area (Å²) in [6.07, 6.45) is 0.490. The lowest BCUT2D eigenvalue weighted by Gasteiger charge is -2.30. The molecule has 4 nitrogen and oxygen atoms in total. The lowest BCUT2D eigenvalue weighted by molar-refractivity contribution is -0.139. The Morgan fingerprint density at radius 2 is 1.70 bits per heavy atom. The average molecular weight is 425 g/mol. The summed E-state index contributed by atoms with van der Waals surface area (Å²) >= 11 is 14.0. The maximum absolute atomic E-state index is 13.0. The van der Waals surface area contributed by atoms with E-state index in [-0.39, 0.29) is 24.1 Å². The van der Waals surface area contributed by atoms with Crippen LogP contribution in [-0.2, 0) is 16.1 Å². The summed E-state index contributed by atoms with van der Waals surface area (Å²) in [5, 5.41) is 3.58. The molecular formula is C20H22Cl2N2O2S. The number of nitrogens with one attached hydrogen (secondary N) is 1. The van der Waals surface area contributed by atoms with Gasteiger partial charge in [0.25, 0.3) is 0 Å². The molecule has 0 aliphatic heterocycles. The van der Waals surface area contributed by atoms with Gasteiger partial charge in [-0.2, -0.15) is 0 Å². The van der Waals surface area contributed by atoms with Crippen LogP contribution in [0.1, 0.15) is 18.9 Å². The first-order valence-electron chi connectivity index (χ1n) is 8.59. The van der Waals surface area contributed by atoms with E-state index in [4.69, 9.17) is 23.2 Å². The number of halogens is 2. The van der Waals surface area contributed by atoms with Crippen LogP contribution in [-0.4, -0.2) is 35.6 Å². The second-order valence-corrected chi connectivity index (χ2v) is 7.73. The molecule has 27 heavy (non-hydrogen) atoms. The largest absolute Gasteiger partial charge is 0.357 e. The van der Waals surface area contributed by atoms with Crippen LogP contribution in [0.15, 0.2) is 53.4 Å². The molecule has 0 aliphatic carbocycles. The second kappa shape index (κ2) is 10.6. The first-order valence-corrected chi connectivity index (χ1v) is 10.3. The monoisotopic (exact) mass is 424 g/mol. The number of amides is 2. The van der Waals surface area contributed by atoms with Crippen LogP contribution < -0.4 is 5.32 Å². The molecule has 0 aliphatic rings. The first kappa shape index (κ1) is 21.6. The molecular weight excluding hydrogens is 403 g/mol. The van der Waals surface area contributed by atoms with Gasteiger partial charge in [-0.25, -0.2) is 0 Å². The zero-order valence-electron chi connectivity index (χ0n) is 15.2. The molecule has 0 fully saturated rings. The fraction of sp³-hybridized carbons (Fsp3) is 0.300. The second-order valence-electron chi connectivity index (χ2n) is 5.86. The molecule has 0 radical (unpaired) electrons. The van der Waals surface area contributed by atoms with Crippen molar-refractivity contribution >= 4 is 46.8 Å². The number of benzene rings is 2. The van der Waals surface area contributed by atoms with E-state index >= 15 is 0 Å². The summed E-state index contributed by atoms with van der Waals surface area (Å²) in [7, 11) is 1.56. The smallest absolute Gasteiger partial charge is 0.242 e. The van der Waals surface area contributed by atoms with E-state index in [1.165, 1.54) is 11.8 Å². The maximum Gasteiger partial charge on any atom is 0.242 e. The van der Waals surface area contributed by atoms with Gasteiger partial charge < -0.3 is 10.2 Å². The Hall–Kier alpha value is -1.69. The molecule has 2 aromatic rings. The van der Waals surface area contributed by atoms with E-state index in [9.17, 15) is 9.59 Å². The summed E-state index contributed by atoms with van der Waals surface area (Å²) < 4.78 is 0. The van der Waals surface area contributed by atoms with Gasteiger partial charge in [0, 0.05) is 34.1 Å². The van der Waals surface area contributed by atoms with Crippen LogP contribution in [0.3, 0.4) is 0 Å². The van der Waals surface area contributed by atoms with Crippen LogP contribution in [0.5, 0.6) is 0 Å². The fourth-order valence-corrected chi connectivity index (χ4v) is 4.01. The highest BCUT2D eigenvalue weighted by atomic mass is 35.5. The Morgan fingerprint density at radius 3 is 2.26 bits per heavy atom. The molecule has 0 saturated carbocycles. The Balaban J connectivity index is 2.25. The Morgan fingerprint density at radius 1 is 1.07 bits per heavy atom. The van der Waals surface area contributed by atoms with Gasteiger partial charge in [-0.15, -0.1) is 11.8 Å². The van der Waals surface area contributed by atoms with Crippen LogP contribution in [0, 0.1) is 0 Å². The minimum Gasteiger partial charge on any atom is -0.357 e. The van der Waals surface area contributed by atoms with E-state index in [1.54, 1.807) is 30.1 Å². The molecule has 0 bridgehead atoms. The molecule has 2 amide bonds. The van der Waals surface area contributed by atoms with Crippen LogP contribution in [0.2, 0.25) is 10.0 Å². The molecule has 0 spiro atoms. The highest BCUT2D eigenvalue weighted by molar-refractivity contribution is 8.00. The van der Waals surface area contributed by atoms with Crippen molar-refractivity contribution in [3.63, 3.8) is 0 Å². The van der Waals surface area contributed by atoms with Crippen molar-refractivity contribution in [2.24, 2.45) is 0 Å². The summed E-state index contributed by atoms with van der Waals surface area (Å²) in [5.41, 5.74) is 0.640. The minimum absolute atomic E-state index is 0.143. The van der Waals surface area contributed by atoms with Gasteiger partial charge in [-0.1, -0.05) is 54.4 Å². The third-order valence-corrected chi connectivity index (χ3v) is 5.83. The number of likely N-dealkylation sites (N-methyl/N-ethyl adjacent to an activating group) is 1. The Labute approximate surface area is 174 Å². The lowest BCUT2D eigenvalue weighted by atomic mass is 10.1. The van der Waals surface area contributed by atoms with Gasteiger partial charge in [-0.3, -0.25) is 9.59 Å². The standard InChI is InChI=1S/C20H22Cl2N2O2S/c1-3-18(20(26)23-2)24(12-15-16(21)10-7-11-17(15)22)19(25)13-27-14-8-5-4-6-9-14/h4-11,18H,3,12-13H2,1-2H3,(H,23,26)/t18-/m1/s1. The van der Waals surface area contributed by atoms with E-state index in [1.807, 2.05) is 37.3 Å². The summed E-state index contributed by atoms with van der Waals surface area (Å²) in [5.74, 6) is -0.131. The summed E-state index contributed by atoms with van der Waals surface area (Å²) in [4.78, 5) is 27.9. The van der Waals surface area contributed by atoms with Crippen LogP contribution >= 0.6 is 35.0 Å². The predicted octanol–water partition coefficient (Wildman–Crippen LogP) is 4.64. The summed E-state index contributed by atoms with van der Waals surface area (Å²) in [6.45, 7) is 2.05. The molecule has 0 saturated heterocycles. The minimum atomic E-state index is -0.591. The Bertz CT molecular complexity index is 767. The van der Waals surface area contributed by atoms with Gasteiger partial charge >= 0.3 is 0 Å². The van der Waals surface area contributed by atoms with Crippen molar-refractivity contribution in [3.05, 3.63) is 64.1 Å².